The van der Waals surface area contributed by atoms with E-state index in [0.29, 0.717) is 12.5 Å². The molecule has 3 aliphatic rings. The van der Waals surface area contributed by atoms with Crippen molar-refractivity contribution in [2.45, 2.75) is 57.1 Å². The molecule has 190 valence electrons. The first-order chi connectivity index (χ1) is 17.0. The maximum absolute atomic E-state index is 15.5. The number of hydrogen-bond donors (Lipinski definition) is 2. The summed E-state index contributed by atoms with van der Waals surface area (Å²) in [6, 6.07) is 1.59. The number of amides is 2. The summed E-state index contributed by atoms with van der Waals surface area (Å²) in [7, 11) is 0. The number of nitrogens with zero attached hydrogens (tertiary/aromatic N) is 3. The molecule has 3 aliphatic heterocycles. The zero-order chi connectivity index (χ0) is 25.9. The van der Waals surface area contributed by atoms with E-state index < -0.39 is 58.0 Å². The van der Waals surface area contributed by atoms with Gasteiger partial charge in [0.25, 0.3) is 11.8 Å². The molecule has 1 aromatic carbocycles. The van der Waals surface area contributed by atoms with Crippen LogP contribution < -0.4 is 10.7 Å². The van der Waals surface area contributed by atoms with Crippen molar-refractivity contribution in [2.24, 2.45) is 5.16 Å². The van der Waals surface area contributed by atoms with Crippen LogP contribution in [-0.4, -0.2) is 56.5 Å². The molecule has 2 aromatic rings. The van der Waals surface area contributed by atoms with Crippen molar-refractivity contribution >= 4 is 17.5 Å². The molecule has 0 saturated carbocycles. The topological polar surface area (TPSA) is 113 Å². The average Bonchev–Trinajstić information content (AvgIpc) is 3.05. The Balaban J connectivity index is 1.57. The lowest BCUT2D eigenvalue weighted by Crippen LogP contribution is -2.55. The molecule has 5 rings (SSSR count). The Labute approximate surface area is 203 Å². The molecule has 36 heavy (non-hydrogen) atoms. The van der Waals surface area contributed by atoms with Crippen molar-refractivity contribution in [1.82, 2.24) is 14.8 Å². The Kier molecular flexibility index (Phi) is 5.56. The van der Waals surface area contributed by atoms with Crippen LogP contribution in [0.4, 0.5) is 13.2 Å². The molecule has 1 fully saturated rings. The summed E-state index contributed by atoms with van der Waals surface area (Å²) in [5.74, 6) is -4.22. The molecule has 2 bridgehead atoms. The fourth-order valence-electron chi connectivity index (χ4n) is 5.20. The Morgan fingerprint density at radius 1 is 1.33 bits per heavy atom. The van der Waals surface area contributed by atoms with Gasteiger partial charge >= 0.3 is 0 Å². The van der Waals surface area contributed by atoms with Crippen LogP contribution in [0.15, 0.2) is 34.3 Å². The molecule has 4 unspecified atom stereocenters. The first-order valence-corrected chi connectivity index (χ1v) is 11.4. The van der Waals surface area contributed by atoms with Crippen molar-refractivity contribution in [3.05, 3.63) is 63.1 Å². The fourth-order valence-corrected chi connectivity index (χ4v) is 5.20. The highest BCUT2D eigenvalue weighted by molar-refractivity contribution is 5.99. The van der Waals surface area contributed by atoms with Crippen LogP contribution in [0.2, 0.25) is 0 Å². The normalized spacial score (nSPS) is 26.8. The van der Waals surface area contributed by atoms with Gasteiger partial charge in [-0.05, 0) is 32.8 Å². The summed E-state index contributed by atoms with van der Waals surface area (Å²) in [6.45, 7) is 2.91. The second-order valence-corrected chi connectivity index (χ2v) is 9.40. The van der Waals surface area contributed by atoms with E-state index in [0.717, 1.165) is 18.3 Å². The lowest BCUT2D eigenvalue weighted by molar-refractivity contribution is -0.0956. The van der Waals surface area contributed by atoms with Crippen LogP contribution >= 0.6 is 0 Å². The molecular formula is C24H23F3N4O5. The highest BCUT2D eigenvalue weighted by atomic mass is 19.1. The van der Waals surface area contributed by atoms with Crippen molar-refractivity contribution in [3.63, 3.8) is 0 Å². The molecule has 9 nitrogen and oxygen atoms in total. The number of hydrogen-bond acceptors (Lipinski definition) is 6. The Morgan fingerprint density at radius 2 is 2.08 bits per heavy atom. The summed E-state index contributed by atoms with van der Waals surface area (Å²) >= 11 is 0. The monoisotopic (exact) mass is 504 g/mol. The summed E-state index contributed by atoms with van der Waals surface area (Å²) in [4.78, 5) is 46.1. The minimum atomic E-state index is -1.61. The number of fused-ring (bicyclic) bond motifs is 5. The zero-order valence-electron chi connectivity index (χ0n) is 19.4. The maximum atomic E-state index is 15.5. The van der Waals surface area contributed by atoms with E-state index in [1.54, 1.807) is 6.92 Å². The predicted molar refractivity (Wildman–Crippen MR) is 120 cm³/mol. The lowest BCUT2D eigenvalue weighted by Gasteiger charge is -2.42. The van der Waals surface area contributed by atoms with Gasteiger partial charge in [0, 0.05) is 37.0 Å². The highest BCUT2D eigenvalue weighted by Gasteiger charge is 2.59. The summed E-state index contributed by atoms with van der Waals surface area (Å²) in [5, 5.41) is 17.0. The van der Waals surface area contributed by atoms with E-state index in [9.17, 15) is 28.3 Å². The van der Waals surface area contributed by atoms with Gasteiger partial charge in [0.2, 0.25) is 5.43 Å². The molecule has 2 N–H and O–H groups in total. The zero-order valence-corrected chi connectivity index (χ0v) is 19.4. The third-order valence-corrected chi connectivity index (χ3v) is 7.28. The lowest BCUT2D eigenvalue weighted by atomic mass is 9.82. The number of aromatic hydroxyl groups is 1. The molecule has 0 aliphatic carbocycles. The van der Waals surface area contributed by atoms with Crippen LogP contribution in [0.25, 0.3) is 0 Å². The number of oxime groups is 1. The van der Waals surface area contributed by atoms with Crippen LogP contribution in [0.3, 0.4) is 0 Å². The van der Waals surface area contributed by atoms with Gasteiger partial charge in [0.15, 0.2) is 23.2 Å². The number of carbonyl (C=O) groups is 2. The molecule has 1 aromatic heterocycles. The molecule has 1 spiro atoms. The van der Waals surface area contributed by atoms with Gasteiger partial charge < -0.3 is 24.7 Å². The Morgan fingerprint density at radius 3 is 2.75 bits per heavy atom. The molecule has 2 amide bonds. The summed E-state index contributed by atoms with van der Waals surface area (Å²) < 4.78 is 43.9. The molecular weight excluding hydrogens is 481 g/mol. The van der Waals surface area contributed by atoms with E-state index in [2.05, 4.69) is 10.5 Å². The second-order valence-electron chi connectivity index (χ2n) is 9.40. The number of nitrogens with one attached hydrogen (secondary N) is 1. The highest BCUT2D eigenvalue weighted by Crippen LogP contribution is 2.47. The number of halogens is 3. The first kappa shape index (κ1) is 23.9. The van der Waals surface area contributed by atoms with Gasteiger partial charge in [0.1, 0.15) is 17.2 Å². The number of benzene rings is 1. The van der Waals surface area contributed by atoms with Crippen LogP contribution in [-0.2, 0) is 11.4 Å². The van der Waals surface area contributed by atoms with Crippen LogP contribution in [0.1, 0.15) is 59.1 Å². The van der Waals surface area contributed by atoms with Gasteiger partial charge in [-0.2, -0.15) is 0 Å². The smallest absolute Gasteiger partial charge is 0.274 e. The van der Waals surface area contributed by atoms with Gasteiger partial charge in [0.05, 0.1) is 11.8 Å². The third kappa shape index (κ3) is 3.46. The summed E-state index contributed by atoms with van der Waals surface area (Å²) in [5.41, 5.74) is -3.41. The number of aromatic nitrogens is 1. The van der Waals surface area contributed by atoms with E-state index in [1.165, 1.54) is 16.4 Å². The maximum Gasteiger partial charge on any atom is 0.274 e. The second kappa shape index (κ2) is 8.38. The van der Waals surface area contributed by atoms with E-state index in [-0.39, 0.29) is 42.5 Å². The fraction of sp³-hybridized carbons (Fsp3) is 0.417. The van der Waals surface area contributed by atoms with Crippen LogP contribution in [0.5, 0.6) is 5.75 Å². The predicted octanol–water partition coefficient (Wildman–Crippen LogP) is 2.42. The molecule has 4 atom stereocenters. The largest absolute Gasteiger partial charge is 0.503 e. The Hall–Kier alpha value is -3.83. The number of rotatable bonds is 3. The minimum Gasteiger partial charge on any atom is -0.503 e. The van der Waals surface area contributed by atoms with Gasteiger partial charge in [-0.1, -0.05) is 11.2 Å². The quantitative estimate of drug-likeness (QED) is 0.667. The third-order valence-electron chi connectivity index (χ3n) is 7.28. The number of alkyl halides is 1. The molecule has 0 radical (unpaired) electrons. The molecule has 12 heteroatoms. The summed E-state index contributed by atoms with van der Waals surface area (Å²) in [6.07, 6.45) is 0.0648. The van der Waals surface area contributed by atoms with Gasteiger partial charge in [-0.15, -0.1) is 0 Å². The van der Waals surface area contributed by atoms with E-state index in [4.69, 9.17) is 4.84 Å². The van der Waals surface area contributed by atoms with Crippen molar-refractivity contribution in [1.29, 1.82) is 0 Å². The Bertz CT molecular complexity index is 1380. The average molecular weight is 504 g/mol. The molecule has 1 saturated heterocycles. The van der Waals surface area contributed by atoms with Crippen molar-refractivity contribution < 1.29 is 32.7 Å². The van der Waals surface area contributed by atoms with Crippen LogP contribution in [0, 0.1) is 11.6 Å². The van der Waals surface area contributed by atoms with Gasteiger partial charge in [-0.25, -0.2) is 13.2 Å². The molecule has 4 heterocycles. The van der Waals surface area contributed by atoms with Crippen molar-refractivity contribution in [3.8, 4) is 5.75 Å². The number of carbonyl (C=O) groups excluding carboxylic acids is 2. The van der Waals surface area contributed by atoms with E-state index >= 15 is 4.39 Å². The van der Waals surface area contributed by atoms with Gasteiger partial charge in [-0.3, -0.25) is 14.4 Å². The first-order valence-electron chi connectivity index (χ1n) is 11.4. The SMILES string of the molecule is CC1=NOC2(CCC(C)N3CC2n2cc(C(=O)NCc4ccc(F)cc4F)c(=O)c(O)c2C3=O)C1F. The van der Waals surface area contributed by atoms with Crippen molar-refractivity contribution in [2.75, 3.05) is 6.54 Å². The number of pyridine rings is 1. The standard InChI is InChI=1S/C24H23F3N4O5/c1-11-5-6-24(21(27)12(2)29-36-24)17-10-30(11)23(35)18-20(33)19(32)15(9-31(17)18)22(34)28-8-13-3-4-14(25)7-16(13)26/h3-4,7,9,11,17,21,33H,5-6,8,10H2,1-2H3,(H,28,34). The minimum absolute atomic E-state index is 0.0143. The van der Waals surface area contributed by atoms with E-state index in [1.807, 2.05) is 0 Å².